The lowest BCUT2D eigenvalue weighted by Gasteiger charge is -2.34. The lowest BCUT2D eigenvalue weighted by molar-refractivity contribution is 0.219. The van der Waals surface area contributed by atoms with Crippen molar-refractivity contribution in [1.29, 1.82) is 0 Å². The molecule has 1 fully saturated rings. The summed E-state index contributed by atoms with van der Waals surface area (Å²) in [5, 5.41) is 3.28. The molecule has 1 heterocycles. The zero-order valence-corrected chi connectivity index (χ0v) is 13.6. The summed E-state index contributed by atoms with van der Waals surface area (Å²) in [6.07, 6.45) is 0.795. The minimum absolute atomic E-state index is 0.132. The molecule has 2 rings (SSSR count). The Morgan fingerprint density at radius 2 is 2.24 bits per heavy atom. The molecule has 0 radical (unpaired) electrons. The molecule has 0 saturated carbocycles. The van der Waals surface area contributed by atoms with Crippen LogP contribution in [0.4, 0.5) is 8.78 Å². The summed E-state index contributed by atoms with van der Waals surface area (Å²) in [7, 11) is 0. The lowest BCUT2D eigenvalue weighted by atomic mass is 10.0. The Hall–Kier alpha value is -0.650. The van der Waals surface area contributed by atoms with E-state index in [0.29, 0.717) is 11.6 Å². The van der Waals surface area contributed by atoms with E-state index in [1.54, 1.807) is 12.1 Å². The molecule has 0 aliphatic carbocycles. The van der Waals surface area contributed by atoms with Crippen LogP contribution in [0.15, 0.2) is 18.2 Å². The summed E-state index contributed by atoms with van der Waals surface area (Å²) >= 11 is 1.99. The number of nitrogens with zero attached hydrogens (tertiary/aromatic N) is 1. The van der Waals surface area contributed by atoms with Gasteiger partial charge in [0.15, 0.2) is 11.6 Å². The molecule has 21 heavy (non-hydrogen) atoms. The van der Waals surface area contributed by atoms with Crippen LogP contribution in [0, 0.1) is 11.6 Å². The normalized spacial score (nSPS) is 21.4. The van der Waals surface area contributed by atoms with Gasteiger partial charge in [-0.2, -0.15) is 11.8 Å². The van der Waals surface area contributed by atoms with Gasteiger partial charge >= 0.3 is 0 Å². The molecule has 1 aliphatic rings. The van der Waals surface area contributed by atoms with E-state index in [1.165, 1.54) is 6.07 Å². The number of rotatable bonds is 6. The predicted octanol–water partition coefficient (Wildman–Crippen LogP) is 3.44. The first kappa shape index (κ1) is 16.7. The van der Waals surface area contributed by atoms with Crippen molar-refractivity contribution in [2.75, 3.05) is 31.1 Å². The predicted molar refractivity (Wildman–Crippen MR) is 85.8 cm³/mol. The smallest absolute Gasteiger partial charge is 0.163 e. The van der Waals surface area contributed by atoms with Crippen LogP contribution in [-0.4, -0.2) is 42.1 Å². The molecule has 2 nitrogen and oxygen atoms in total. The number of benzene rings is 1. The van der Waals surface area contributed by atoms with E-state index in [0.717, 1.165) is 37.6 Å². The zero-order valence-electron chi connectivity index (χ0n) is 12.7. The Kier molecular flexibility index (Phi) is 6.45. The second kappa shape index (κ2) is 8.11. The van der Waals surface area contributed by atoms with Crippen molar-refractivity contribution in [1.82, 2.24) is 10.2 Å². The van der Waals surface area contributed by atoms with Gasteiger partial charge in [0.05, 0.1) is 0 Å². The Balaban J connectivity index is 2.03. The maximum Gasteiger partial charge on any atom is 0.163 e. The average Bonchev–Trinajstić information content (AvgIpc) is 2.48. The van der Waals surface area contributed by atoms with Crippen molar-refractivity contribution >= 4 is 11.8 Å². The van der Waals surface area contributed by atoms with E-state index in [1.807, 2.05) is 18.7 Å². The summed E-state index contributed by atoms with van der Waals surface area (Å²) < 4.78 is 27.4. The molecule has 1 saturated heterocycles. The van der Waals surface area contributed by atoms with Crippen molar-refractivity contribution in [3.63, 3.8) is 0 Å². The molecule has 0 spiro atoms. The van der Waals surface area contributed by atoms with Gasteiger partial charge in [0.2, 0.25) is 0 Å². The van der Waals surface area contributed by atoms with Gasteiger partial charge in [0.25, 0.3) is 0 Å². The van der Waals surface area contributed by atoms with Crippen LogP contribution in [0.3, 0.4) is 0 Å². The van der Waals surface area contributed by atoms with E-state index < -0.39 is 11.6 Å². The second-order valence-electron chi connectivity index (χ2n) is 5.50. The van der Waals surface area contributed by atoms with Crippen LogP contribution >= 0.6 is 11.8 Å². The highest BCUT2D eigenvalue weighted by Gasteiger charge is 2.22. The standard InChI is InChI=1S/C16H24F2N2S/c1-3-19-15(13-5-4-6-14(17)16(13)18)7-8-20-9-10-21-11-12(20)2/h4-6,12,15,19H,3,7-11H2,1-2H3. The number of halogens is 2. The van der Waals surface area contributed by atoms with Gasteiger partial charge in [0.1, 0.15) is 0 Å². The summed E-state index contributed by atoms with van der Waals surface area (Å²) in [6, 6.07) is 4.86. The fourth-order valence-corrected chi connectivity index (χ4v) is 3.87. The SMILES string of the molecule is CCNC(CCN1CCSCC1C)c1cccc(F)c1F. The third-order valence-electron chi connectivity index (χ3n) is 4.02. The van der Waals surface area contributed by atoms with E-state index in [9.17, 15) is 8.78 Å². The van der Waals surface area contributed by atoms with E-state index in [4.69, 9.17) is 0 Å². The Morgan fingerprint density at radius 1 is 1.43 bits per heavy atom. The zero-order chi connectivity index (χ0) is 15.2. The molecule has 0 bridgehead atoms. The minimum Gasteiger partial charge on any atom is -0.310 e. The van der Waals surface area contributed by atoms with Crippen molar-refractivity contribution in [2.45, 2.75) is 32.4 Å². The van der Waals surface area contributed by atoms with Crippen molar-refractivity contribution in [3.05, 3.63) is 35.4 Å². The van der Waals surface area contributed by atoms with Crippen LogP contribution in [0.1, 0.15) is 31.9 Å². The van der Waals surface area contributed by atoms with Gasteiger partial charge < -0.3 is 5.32 Å². The maximum absolute atomic E-state index is 14.0. The monoisotopic (exact) mass is 314 g/mol. The third kappa shape index (κ3) is 4.41. The molecule has 1 N–H and O–H groups in total. The fourth-order valence-electron chi connectivity index (χ4n) is 2.79. The lowest BCUT2D eigenvalue weighted by Crippen LogP contribution is -2.42. The van der Waals surface area contributed by atoms with Gasteiger partial charge in [-0.3, -0.25) is 4.90 Å². The molecule has 1 aliphatic heterocycles. The fraction of sp³-hybridized carbons (Fsp3) is 0.625. The Morgan fingerprint density at radius 3 is 2.95 bits per heavy atom. The van der Waals surface area contributed by atoms with Crippen LogP contribution in [0.25, 0.3) is 0 Å². The highest BCUT2D eigenvalue weighted by atomic mass is 32.2. The molecule has 0 aromatic heterocycles. The molecule has 2 atom stereocenters. The van der Waals surface area contributed by atoms with Gasteiger partial charge in [-0.15, -0.1) is 0 Å². The molecular weight excluding hydrogens is 290 g/mol. The second-order valence-corrected chi connectivity index (χ2v) is 6.65. The minimum atomic E-state index is -0.766. The number of nitrogens with one attached hydrogen (secondary N) is 1. The number of hydrogen-bond donors (Lipinski definition) is 1. The van der Waals surface area contributed by atoms with E-state index in [-0.39, 0.29) is 6.04 Å². The van der Waals surface area contributed by atoms with Crippen LogP contribution in [-0.2, 0) is 0 Å². The van der Waals surface area contributed by atoms with Crippen LogP contribution < -0.4 is 5.32 Å². The average molecular weight is 314 g/mol. The van der Waals surface area contributed by atoms with Gasteiger partial charge in [-0.05, 0) is 26.0 Å². The first-order valence-electron chi connectivity index (χ1n) is 7.62. The van der Waals surface area contributed by atoms with E-state index in [2.05, 4.69) is 17.1 Å². The van der Waals surface area contributed by atoms with Crippen LogP contribution in [0.2, 0.25) is 0 Å². The van der Waals surface area contributed by atoms with Crippen molar-refractivity contribution in [2.24, 2.45) is 0 Å². The molecule has 2 unspecified atom stereocenters. The van der Waals surface area contributed by atoms with E-state index >= 15 is 0 Å². The molecular formula is C16H24F2N2S. The third-order valence-corrected chi connectivity index (χ3v) is 5.21. The highest BCUT2D eigenvalue weighted by Crippen LogP contribution is 2.24. The van der Waals surface area contributed by atoms with Crippen molar-refractivity contribution < 1.29 is 8.78 Å². The topological polar surface area (TPSA) is 15.3 Å². The Bertz CT molecular complexity index is 456. The molecule has 1 aromatic rings. The largest absolute Gasteiger partial charge is 0.310 e. The quantitative estimate of drug-likeness (QED) is 0.866. The first-order valence-corrected chi connectivity index (χ1v) is 8.78. The molecule has 5 heteroatoms. The van der Waals surface area contributed by atoms with Crippen LogP contribution in [0.5, 0.6) is 0 Å². The first-order chi connectivity index (χ1) is 10.1. The summed E-state index contributed by atoms with van der Waals surface area (Å²) in [6.45, 7) is 6.96. The molecule has 1 aromatic carbocycles. The Labute approximate surface area is 130 Å². The molecule has 0 amide bonds. The highest BCUT2D eigenvalue weighted by molar-refractivity contribution is 7.99. The maximum atomic E-state index is 14.0. The number of thioether (sulfide) groups is 1. The summed E-state index contributed by atoms with van der Waals surface area (Å²) in [4.78, 5) is 2.44. The summed E-state index contributed by atoms with van der Waals surface area (Å²) in [5.74, 6) is 0.828. The van der Waals surface area contributed by atoms with Gasteiger partial charge in [0, 0.05) is 42.2 Å². The van der Waals surface area contributed by atoms with Crippen molar-refractivity contribution in [3.8, 4) is 0 Å². The van der Waals surface area contributed by atoms with Gasteiger partial charge in [-0.1, -0.05) is 19.1 Å². The summed E-state index contributed by atoms with van der Waals surface area (Å²) in [5.41, 5.74) is 0.441. The molecule has 118 valence electrons. The number of hydrogen-bond acceptors (Lipinski definition) is 3. The van der Waals surface area contributed by atoms with Gasteiger partial charge in [-0.25, -0.2) is 8.78 Å².